The Labute approximate surface area is 116 Å². The Balaban J connectivity index is 2.23. The number of hydrogen-bond donors (Lipinski definition) is 1. The van der Waals surface area contributed by atoms with E-state index in [2.05, 4.69) is 0 Å². The number of ether oxygens (including phenoxy) is 3. The van der Waals surface area contributed by atoms with Crippen LogP contribution in [-0.2, 0) is 0 Å². The maximum atomic E-state index is 10.8. The van der Waals surface area contributed by atoms with E-state index in [0.29, 0.717) is 23.0 Å². The van der Waals surface area contributed by atoms with E-state index in [-0.39, 0.29) is 5.56 Å². The number of carbonyl (C=O) groups is 1. The predicted octanol–water partition coefficient (Wildman–Crippen LogP) is 3.19. The second-order valence-corrected chi connectivity index (χ2v) is 3.95. The van der Waals surface area contributed by atoms with Crippen LogP contribution >= 0.6 is 0 Å². The van der Waals surface area contributed by atoms with Crippen LogP contribution in [0.1, 0.15) is 10.4 Å². The van der Waals surface area contributed by atoms with E-state index in [1.54, 1.807) is 37.4 Å². The SMILES string of the molecule is COc1ccc(Oc2ccc(C(=O)O)cc2)c(OC)c1. The summed E-state index contributed by atoms with van der Waals surface area (Å²) in [6.45, 7) is 0. The van der Waals surface area contributed by atoms with Gasteiger partial charge in [-0.2, -0.15) is 0 Å². The van der Waals surface area contributed by atoms with Crippen molar-refractivity contribution in [2.75, 3.05) is 14.2 Å². The molecule has 0 aliphatic heterocycles. The molecule has 0 unspecified atom stereocenters. The molecule has 20 heavy (non-hydrogen) atoms. The van der Waals surface area contributed by atoms with Crippen LogP contribution in [0.4, 0.5) is 0 Å². The van der Waals surface area contributed by atoms with Crippen molar-refractivity contribution in [3.05, 3.63) is 48.0 Å². The quantitative estimate of drug-likeness (QED) is 0.907. The van der Waals surface area contributed by atoms with E-state index in [1.165, 1.54) is 19.2 Å². The Morgan fingerprint density at radius 3 is 2.10 bits per heavy atom. The normalized spacial score (nSPS) is 9.90. The van der Waals surface area contributed by atoms with E-state index in [4.69, 9.17) is 19.3 Å². The fourth-order valence-corrected chi connectivity index (χ4v) is 1.65. The number of rotatable bonds is 5. The minimum atomic E-state index is -0.974. The van der Waals surface area contributed by atoms with Crippen LogP contribution in [0.3, 0.4) is 0 Å². The molecule has 0 fully saturated rings. The molecule has 2 aromatic rings. The molecule has 0 saturated carbocycles. The summed E-state index contributed by atoms with van der Waals surface area (Å²) in [6.07, 6.45) is 0. The molecule has 5 nitrogen and oxygen atoms in total. The fourth-order valence-electron chi connectivity index (χ4n) is 1.65. The summed E-state index contributed by atoms with van der Waals surface area (Å²) in [5.74, 6) is 1.27. The van der Waals surface area contributed by atoms with E-state index >= 15 is 0 Å². The Bertz CT molecular complexity index is 604. The van der Waals surface area contributed by atoms with Gasteiger partial charge < -0.3 is 19.3 Å². The van der Waals surface area contributed by atoms with Crippen LogP contribution < -0.4 is 14.2 Å². The van der Waals surface area contributed by atoms with Crippen molar-refractivity contribution in [1.82, 2.24) is 0 Å². The van der Waals surface area contributed by atoms with Gasteiger partial charge in [-0.15, -0.1) is 0 Å². The van der Waals surface area contributed by atoms with Crippen LogP contribution in [0.15, 0.2) is 42.5 Å². The van der Waals surface area contributed by atoms with Crippen molar-refractivity contribution in [2.24, 2.45) is 0 Å². The van der Waals surface area contributed by atoms with E-state index in [9.17, 15) is 4.79 Å². The Kier molecular flexibility index (Phi) is 4.10. The van der Waals surface area contributed by atoms with E-state index in [1.807, 2.05) is 0 Å². The van der Waals surface area contributed by atoms with Crippen molar-refractivity contribution in [2.45, 2.75) is 0 Å². The molecular formula is C15H14O5. The molecule has 0 saturated heterocycles. The lowest BCUT2D eigenvalue weighted by molar-refractivity contribution is 0.0697. The van der Waals surface area contributed by atoms with Gasteiger partial charge in [0.25, 0.3) is 0 Å². The largest absolute Gasteiger partial charge is 0.497 e. The number of benzene rings is 2. The smallest absolute Gasteiger partial charge is 0.335 e. The fraction of sp³-hybridized carbons (Fsp3) is 0.133. The lowest BCUT2D eigenvalue weighted by Gasteiger charge is -2.11. The van der Waals surface area contributed by atoms with Gasteiger partial charge in [0, 0.05) is 6.07 Å². The summed E-state index contributed by atoms with van der Waals surface area (Å²) in [6, 6.07) is 11.3. The lowest BCUT2D eigenvalue weighted by Crippen LogP contribution is -1.96. The summed E-state index contributed by atoms with van der Waals surface area (Å²) in [4.78, 5) is 10.8. The van der Waals surface area contributed by atoms with Gasteiger partial charge in [-0.3, -0.25) is 0 Å². The standard InChI is InChI=1S/C15H14O5/c1-18-12-7-8-13(14(9-12)19-2)20-11-5-3-10(4-6-11)15(16)17/h3-9H,1-2H3,(H,16,17). The number of aromatic carboxylic acids is 1. The molecule has 104 valence electrons. The summed E-state index contributed by atoms with van der Waals surface area (Å²) in [5, 5.41) is 8.83. The Morgan fingerprint density at radius 2 is 1.55 bits per heavy atom. The Morgan fingerprint density at radius 1 is 0.900 bits per heavy atom. The molecule has 5 heteroatoms. The van der Waals surface area contributed by atoms with Crippen molar-refractivity contribution in [1.29, 1.82) is 0 Å². The van der Waals surface area contributed by atoms with Gasteiger partial charge in [0.15, 0.2) is 11.5 Å². The molecule has 0 heterocycles. The van der Waals surface area contributed by atoms with Gasteiger partial charge in [0.1, 0.15) is 11.5 Å². The summed E-state index contributed by atoms with van der Waals surface area (Å²) >= 11 is 0. The molecule has 0 bridgehead atoms. The van der Waals surface area contributed by atoms with Gasteiger partial charge in [0.05, 0.1) is 19.8 Å². The van der Waals surface area contributed by atoms with Crippen LogP contribution in [0.5, 0.6) is 23.0 Å². The summed E-state index contributed by atoms with van der Waals surface area (Å²) in [5.41, 5.74) is 0.207. The van der Waals surface area contributed by atoms with Crippen LogP contribution in [-0.4, -0.2) is 25.3 Å². The van der Waals surface area contributed by atoms with Crippen LogP contribution in [0, 0.1) is 0 Å². The molecule has 0 atom stereocenters. The molecule has 0 radical (unpaired) electrons. The zero-order valence-corrected chi connectivity index (χ0v) is 11.1. The number of carboxylic acids is 1. The van der Waals surface area contributed by atoms with Gasteiger partial charge in [-0.1, -0.05) is 0 Å². The zero-order chi connectivity index (χ0) is 14.5. The maximum absolute atomic E-state index is 10.8. The molecule has 0 amide bonds. The molecule has 2 rings (SSSR count). The highest BCUT2D eigenvalue weighted by molar-refractivity contribution is 5.87. The monoisotopic (exact) mass is 274 g/mol. The van der Waals surface area contributed by atoms with E-state index < -0.39 is 5.97 Å². The highest BCUT2D eigenvalue weighted by Crippen LogP contribution is 2.34. The third-order valence-electron chi connectivity index (χ3n) is 2.70. The zero-order valence-electron chi connectivity index (χ0n) is 11.1. The molecule has 0 spiro atoms. The van der Waals surface area contributed by atoms with Crippen molar-refractivity contribution >= 4 is 5.97 Å². The first-order valence-corrected chi connectivity index (χ1v) is 5.87. The molecule has 0 aromatic heterocycles. The van der Waals surface area contributed by atoms with Gasteiger partial charge >= 0.3 is 5.97 Å². The van der Waals surface area contributed by atoms with Crippen molar-refractivity contribution in [3.8, 4) is 23.0 Å². The average Bonchev–Trinajstić information content (AvgIpc) is 2.48. The van der Waals surface area contributed by atoms with Crippen molar-refractivity contribution < 1.29 is 24.1 Å². The topological polar surface area (TPSA) is 65.0 Å². The number of methoxy groups -OCH3 is 2. The lowest BCUT2D eigenvalue weighted by atomic mass is 10.2. The van der Waals surface area contributed by atoms with Crippen LogP contribution in [0.2, 0.25) is 0 Å². The highest BCUT2D eigenvalue weighted by atomic mass is 16.5. The summed E-state index contributed by atoms with van der Waals surface area (Å²) in [7, 11) is 3.11. The minimum absolute atomic E-state index is 0.207. The third-order valence-corrected chi connectivity index (χ3v) is 2.70. The van der Waals surface area contributed by atoms with Gasteiger partial charge in [0.2, 0.25) is 0 Å². The van der Waals surface area contributed by atoms with Crippen LogP contribution in [0.25, 0.3) is 0 Å². The number of hydrogen-bond acceptors (Lipinski definition) is 4. The second kappa shape index (κ2) is 5.97. The predicted molar refractivity (Wildman–Crippen MR) is 73.0 cm³/mol. The number of carboxylic acid groups (broad SMARTS) is 1. The maximum Gasteiger partial charge on any atom is 0.335 e. The molecule has 1 N–H and O–H groups in total. The third kappa shape index (κ3) is 3.00. The first-order chi connectivity index (χ1) is 9.63. The highest BCUT2D eigenvalue weighted by Gasteiger charge is 2.08. The van der Waals surface area contributed by atoms with Crippen molar-refractivity contribution in [3.63, 3.8) is 0 Å². The van der Waals surface area contributed by atoms with Gasteiger partial charge in [-0.05, 0) is 36.4 Å². The first kappa shape index (κ1) is 13.7. The molecule has 0 aliphatic rings. The Hall–Kier alpha value is -2.69. The molecule has 0 aliphatic carbocycles. The minimum Gasteiger partial charge on any atom is -0.497 e. The van der Waals surface area contributed by atoms with Gasteiger partial charge in [-0.25, -0.2) is 4.79 Å². The first-order valence-electron chi connectivity index (χ1n) is 5.87. The summed E-state index contributed by atoms with van der Waals surface area (Å²) < 4.78 is 16.0. The van der Waals surface area contributed by atoms with E-state index in [0.717, 1.165) is 0 Å². The molecular weight excluding hydrogens is 260 g/mol. The average molecular weight is 274 g/mol. The molecule has 2 aromatic carbocycles. The second-order valence-electron chi connectivity index (χ2n) is 3.95.